The minimum Gasteiger partial charge on any atom is -0.326 e. The van der Waals surface area contributed by atoms with Crippen LogP contribution < -0.4 is 10.6 Å². The first kappa shape index (κ1) is 17.7. The maximum Gasteiger partial charge on any atom is 0.249 e. The van der Waals surface area contributed by atoms with E-state index in [2.05, 4.69) is 27.6 Å². The van der Waals surface area contributed by atoms with Crippen LogP contribution in [0.1, 0.15) is 45.6 Å². The van der Waals surface area contributed by atoms with Crippen LogP contribution in [0.3, 0.4) is 0 Å². The predicted molar refractivity (Wildman–Crippen MR) is 92.6 cm³/mol. The smallest absolute Gasteiger partial charge is 0.249 e. The van der Waals surface area contributed by atoms with Crippen LogP contribution in [0.15, 0.2) is 36.9 Å². The third-order valence-electron chi connectivity index (χ3n) is 3.66. The second-order valence-electron chi connectivity index (χ2n) is 5.62. The van der Waals surface area contributed by atoms with E-state index in [-0.39, 0.29) is 11.8 Å². The van der Waals surface area contributed by atoms with Crippen molar-refractivity contribution in [1.29, 1.82) is 0 Å². The van der Waals surface area contributed by atoms with Crippen molar-refractivity contribution in [1.82, 2.24) is 14.8 Å². The number of nitrogens with zero attached hydrogens (tertiary/aromatic N) is 3. The molecule has 24 heavy (non-hydrogen) atoms. The summed E-state index contributed by atoms with van der Waals surface area (Å²) in [7, 11) is 0. The van der Waals surface area contributed by atoms with Gasteiger partial charge in [0.1, 0.15) is 18.7 Å². The Morgan fingerprint density at radius 3 is 2.38 bits per heavy atom. The van der Waals surface area contributed by atoms with Crippen LogP contribution in [0, 0.1) is 0 Å². The summed E-state index contributed by atoms with van der Waals surface area (Å²) in [5, 5.41) is 9.62. The maximum absolute atomic E-state index is 12.2. The van der Waals surface area contributed by atoms with E-state index in [1.54, 1.807) is 31.2 Å². The molecule has 1 aromatic heterocycles. The Morgan fingerprint density at radius 2 is 1.79 bits per heavy atom. The topological polar surface area (TPSA) is 88.9 Å². The lowest BCUT2D eigenvalue weighted by Crippen LogP contribution is -2.24. The van der Waals surface area contributed by atoms with Gasteiger partial charge in [0.2, 0.25) is 11.8 Å². The second kappa shape index (κ2) is 8.81. The van der Waals surface area contributed by atoms with Crippen LogP contribution in [-0.2, 0) is 9.59 Å². The maximum atomic E-state index is 12.2. The number of carbonyl (C=O) groups excluding carboxylic acids is 2. The minimum absolute atomic E-state index is 0.0139. The predicted octanol–water partition coefficient (Wildman–Crippen LogP) is 3.00. The molecule has 0 aliphatic rings. The number of benzene rings is 1. The number of hydrogen-bond donors (Lipinski definition) is 2. The van der Waals surface area contributed by atoms with Crippen LogP contribution in [0.4, 0.5) is 11.4 Å². The van der Waals surface area contributed by atoms with Crippen LogP contribution in [-0.4, -0.2) is 26.6 Å². The molecule has 0 fully saturated rings. The summed E-state index contributed by atoms with van der Waals surface area (Å²) in [4.78, 5) is 27.8. The van der Waals surface area contributed by atoms with E-state index in [4.69, 9.17) is 0 Å². The second-order valence-corrected chi connectivity index (χ2v) is 5.62. The molecule has 1 atom stereocenters. The van der Waals surface area contributed by atoms with Gasteiger partial charge in [-0.05, 0) is 37.6 Å². The number of rotatable bonds is 8. The van der Waals surface area contributed by atoms with Gasteiger partial charge in [0.25, 0.3) is 0 Å². The number of nitrogens with one attached hydrogen (secondary N) is 2. The molecule has 2 aromatic rings. The summed E-state index contributed by atoms with van der Waals surface area (Å²) in [6, 6.07) is 6.60. The molecule has 0 saturated heterocycles. The minimum atomic E-state index is -0.453. The Labute approximate surface area is 141 Å². The van der Waals surface area contributed by atoms with E-state index in [0.717, 1.165) is 24.9 Å². The summed E-state index contributed by atoms with van der Waals surface area (Å²) in [6.45, 7) is 3.85. The largest absolute Gasteiger partial charge is 0.326 e. The van der Waals surface area contributed by atoms with E-state index >= 15 is 0 Å². The van der Waals surface area contributed by atoms with E-state index in [0.29, 0.717) is 12.1 Å². The lowest BCUT2D eigenvalue weighted by atomic mass is 10.2. The van der Waals surface area contributed by atoms with Gasteiger partial charge in [0.15, 0.2) is 0 Å². The third kappa shape index (κ3) is 5.19. The normalized spacial score (nSPS) is 11.8. The van der Waals surface area contributed by atoms with Crippen molar-refractivity contribution in [2.45, 2.75) is 45.6 Å². The summed E-state index contributed by atoms with van der Waals surface area (Å²) in [5.41, 5.74) is 1.38. The quantitative estimate of drug-likeness (QED) is 0.729. The average molecular weight is 329 g/mol. The zero-order valence-electron chi connectivity index (χ0n) is 14.0. The van der Waals surface area contributed by atoms with E-state index < -0.39 is 6.04 Å². The molecule has 0 spiro atoms. The first-order valence-electron chi connectivity index (χ1n) is 8.15. The van der Waals surface area contributed by atoms with E-state index in [1.165, 1.54) is 17.3 Å². The van der Waals surface area contributed by atoms with Crippen LogP contribution in [0.5, 0.6) is 0 Å². The lowest BCUT2D eigenvalue weighted by molar-refractivity contribution is -0.119. The van der Waals surface area contributed by atoms with Crippen LogP contribution in [0.25, 0.3) is 0 Å². The fraction of sp³-hybridized carbons (Fsp3) is 0.412. The van der Waals surface area contributed by atoms with Crippen molar-refractivity contribution in [2.75, 3.05) is 10.6 Å². The molecule has 2 amide bonds. The monoisotopic (exact) mass is 329 g/mol. The Morgan fingerprint density at radius 1 is 1.12 bits per heavy atom. The van der Waals surface area contributed by atoms with Crippen molar-refractivity contribution in [3.05, 3.63) is 36.9 Å². The molecular formula is C17H23N5O2. The fourth-order valence-electron chi connectivity index (χ4n) is 2.18. The Bertz CT molecular complexity index is 652. The van der Waals surface area contributed by atoms with Crippen LogP contribution >= 0.6 is 0 Å². The Balaban J connectivity index is 1.85. The first-order chi connectivity index (χ1) is 11.6. The standard InChI is InChI=1S/C17H23N5O2/c1-3-4-5-6-16(23)20-14-7-9-15(10-8-14)21-17(24)13(2)22-12-18-11-19-22/h7-13H,3-6H2,1-2H3,(H,20,23)(H,21,24). The highest BCUT2D eigenvalue weighted by molar-refractivity contribution is 5.94. The van der Waals surface area contributed by atoms with Gasteiger partial charge in [-0.15, -0.1) is 0 Å². The van der Waals surface area contributed by atoms with Gasteiger partial charge < -0.3 is 10.6 Å². The van der Waals surface area contributed by atoms with Gasteiger partial charge in [-0.2, -0.15) is 5.10 Å². The molecule has 1 unspecified atom stereocenters. The molecule has 7 heteroatoms. The summed E-state index contributed by atoms with van der Waals surface area (Å²) in [5.74, 6) is -0.170. The molecule has 2 rings (SSSR count). The SMILES string of the molecule is CCCCCC(=O)Nc1ccc(NC(=O)C(C)n2cncn2)cc1. The molecule has 1 heterocycles. The lowest BCUT2D eigenvalue weighted by Gasteiger charge is -2.12. The number of aromatic nitrogens is 3. The van der Waals surface area contributed by atoms with Gasteiger partial charge in [-0.25, -0.2) is 9.67 Å². The number of carbonyl (C=O) groups is 2. The Kier molecular flexibility index (Phi) is 6.48. The fourth-order valence-corrected chi connectivity index (χ4v) is 2.18. The van der Waals surface area contributed by atoms with E-state index in [1.807, 2.05) is 0 Å². The first-order valence-corrected chi connectivity index (χ1v) is 8.15. The third-order valence-corrected chi connectivity index (χ3v) is 3.66. The van der Waals surface area contributed by atoms with Gasteiger partial charge in [0.05, 0.1) is 0 Å². The molecule has 128 valence electrons. The molecule has 0 aliphatic carbocycles. The van der Waals surface area contributed by atoms with Crippen LogP contribution in [0.2, 0.25) is 0 Å². The molecule has 7 nitrogen and oxygen atoms in total. The zero-order chi connectivity index (χ0) is 17.4. The summed E-state index contributed by atoms with van der Waals surface area (Å²) >= 11 is 0. The molecule has 0 aliphatic heterocycles. The summed E-state index contributed by atoms with van der Waals surface area (Å²) < 4.78 is 1.49. The van der Waals surface area contributed by atoms with Crippen molar-refractivity contribution >= 4 is 23.2 Å². The van der Waals surface area contributed by atoms with Crippen molar-refractivity contribution in [3.63, 3.8) is 0 Å². The highest BCUT2D eigenvalue weighted by Crippen LogP contribution is 2.16. The van der Waals surface area contributed by atoms with Crippen molar-refractivity contribution < 1.29 is 9.59 Å². The van der Waals surface area contributed by atoms with E-state index in [9.17, 15) is 9.59 Å². The zero-order valence-corrected chi connectivity index (χ0v) is 14.0. The number of unbranched alkanes of at least 4 members (excludes halogenated alkanes) is 2. The Hall–Kier alpha value is -2.70. The molecule has 0 radical (unpaired) electrons. The van der Waals surface area contributed by atoms with Crippen molar-refractivity contribution in [2.24, 2.45) is 0 Å². The van der Waals surface area contributed by atoms with Gasteiger partial charge in [-0.3, -0.25) is 9.59 Å². The molecule has 0 saturated carbocycles. The van der Waals surface area contributed by atoms with Crippen molar-refractivity contribution in [3.8, 4) is 0 Å². The molecule has 1 aromatic carbocycles. The average Bonchev–Trinajstić information content (AvgIpc) is 3.10. The van der Waals surface area contributed by atoms with Gasteiger partial charge in [0, 0.05) is 17.8 Å². The van der Waals surface area contributed by atoms with Gasteiger partial charge in [-0.1, -0.05) is 19.8 Å². The molecular weight excluding hydrogens is 306 g/mol. The number of amides is 2. The number of hydrogen-bond acceptors (Lipinski definition) is 4. The highest BCUT2D eigenvalue weighted by Gasteiger charge is 2.15. The summed E-state index contributed by atoms with van der Waals surface area (Å²) in [6.07, 6.45) is 6.47. The highest BCUT2D eigenvalue weighted by atomic mass is 16.2. The number of anilines is 2. The van der Waals surface area contributed by atoms with Gasteiger partial charge >= 0.3 is 0 Å². The molecule has 2 N–H and O–H groups in total. The molecule has 0 bridgehead atoms.